The minimum atomic E-state index is -0.705. The molecule has 13 heavy (non-hydrogen) atoms. The molecule has 0 heterocycles. The van der Waals surface area contributed by atoms with Gasteiger partial charge in [0.25, 0.3) is 0 Å². The van der Waals surface area contributed by atoms with Crippen LogP contribution >= 0.6 is 0 Å². The first-order valence-electron chi connectivity index (χ1n) is 5.09. The smallest absolute Gasteiger partial charge is 0.0800 e. The van der Waals surface area contributed by atoms with E-state index in [2.05, 4.69) is 26.5 Å². The predicted octanol–water partition coefficient (Wildman–Crippen LogP) is 3.45. The average Bonchev–Trinajstić information content (AvgIpc) is 2.12. The molecule has 0 aromatic heterocycles. The van der Waals surface area contributed by atoms with E-state index in [0.717, 1.165) is 25.7 Å². The van der Waals surface area contributed by atoms with Crippen LogP contribution in [0.5, 0.6) is 0 Å². The molecular weight excluding hydrogens is 160 g/mol. The van der Waals surface area contributed by atoms with Gasteiger partial charge in [0.2, 0.25) is 0 Å². The Bertz CT molecular complexity index is 172. The Morgan fingerprint density at radius 1 is 1.38 bits per heavy atom. The molecular formula is C12H22O. The highest BCUT2D eigenvalue weighted by Crippen LogP contribution is 2.15. The van der Waals surface area contributed by atoms with E-state index >= 15 is 0 Å². The first kappa shape index (κ1) is 12.4. The van der Waals surface area contributed by atoms with E-state index in [1.165, 1.54) is 5.57 Å². The lowest BCUT2D eigenvalue weighted by Gasteiger charge is -2.17. The predicted molar refractivity (Wildman–Crippen MR) is 58.7 cm³/mol. The maximum Gasteiger partial charge on any atom is 0.0800 e. The summed E-state index contributed by atoms with van der Waals surface area (Å²) in [7, 11) is 0. The van der Waals surface area contributed by atoms with Gasteiger partial charge in [-0.2, -0.15) is 0 Å². The molecule has 0 aromatic rings. The van der Waals surface area contributed by atoms with Crippen molar-refractivity contribution in [2.45, 2.75) is 52.1 Å². The van der Waals surface area contributed by atoms with Gasteiger partial charge in [-0.1, -0.05) is 31.6 Å². The van der Waals surface area contributed by atoms with Gasteiger partial charge in [-0.15, -0.1) is 6.58 Å². The Labute approximate surface area is 82.2 Å². The second-order valence-electron chi connectivity index (χ2n) is 3.67. The van der Waals surface area contributed by atoms with Gasteiger partial charge in [0, 0.05) is 0 Å². The van der Waals surface area contributed by atoms with Crippen molar-refractivity contribution in [3.8, 4) is 0 Å². The number of hydrogen-bond acceptors (Lipinski definition) is 1. The summed E-state index contributed by atoms with van der Waals surface area (Å²) in [6.45, 7) is 9.73. The van der Waals surface area contributed by atoms with E-state index in [1.807, 2.05) is 0 Å². The Hall–Kier alpha value is -0.560. The fourth-order valence-corrected chi connectivity index (χ4v) is 1.21. The zero-order chi connectivity index (χ0) is 10.3. The molecule has 0 saturated carbocycles. The molecule has 0 aliphatic heterocycles. The lowest BCUT2D eigenvalue weighted by atomic mass is 9.99. The van der Waals surface area contributed by atoms with Crippen molar-refractivity contribution in [3.05, 3.63) is 24.3 Å². The second kappa shape index (κ2) is 5.98. The van der Waals surface area contributed by atoms with Gasteiger partial charge in [0.15, 0.2) is 0 Å². The fraction of sp³-hybridized carbons (Fsp3) is 0.667. The molecule has 0 rings (SSSR count). The van der Waals surface area contributed by atoms with Gasteiger partial charge in [-0.25, -0.2) is 0 Å². The van der Waals surface area contributed by atoms with Crippen LogP contribution in [0.1, 0.15) is 46.5 Å². The summed E-state index contributed by atoms with van der Waals surface area (Å²) in [5.41, 5.74) is 0.767. The normalized spacial score (nSPS) is 14.8. The molecule has 0 spiro atoms. The molecule has 1 N–H and O–H groups in total. The van der Waals surface area contributed by atoms with Gasteiger partial charge in [0.1, 0.15) is 0 Å². The monoisotopic (exact) mass is 182 g/mol. The summed E-state index contributed by atoms with van der Waals surface area (Å²) in [6.07, 6.45) is 7.78. The molecule has 76 valence electrons. The molecule has 1 atom stereocenters. The summed E-state index contributed by atoms with van der Waals surface area (Å²) in [5.74, 6) is 0. The van der Waals surface area contributed by atoms with Crippen LogP contribution in [-0.4, -0.2) is 10.7 Å². The molecule has 0 aliphatic carbocycles. The van der Waals surface area contributed by atoms with Gasteiger partial charge >= 0.3 is 0 Å². The highest BCUT2D eigenvalue weighted by atomic mass is 16.3. The Morgan fingerprint density at radius 3 is 2.31 bits per heavy atom. The molecule has 0 saturated heterocycles. The van der Waals surface area contributed by atoms with Crippen molar-refractivity contribution < 1.29 is 5.11 Å². The van der Waals surface area contributed by atoms with E-state index in [4.69, 9.17) is 0 Å². The standard InChI is InChI=1S/C12H22O/c1-5-11(6-2)9-8-10-12(4,13)7-3/h7,9,13H,3,5-6,8,10H2,1-2,4H3. The third-order valence-corrected chi connectivity index (χ3v) is 2.43. The number of rotatable bonds is 6. The van der Waals surface area contributed by atoms with Crippen LogP contribution in [0.25, 0.3) is 0 Å². The van der Waals surface area contributed by atoms with Crippen LogP contribution in [-0.2, 0) is 0 Å². The van der Waals surface area contributed by atoms with Crippen LogP contribution in [0.15, 0.2) is 24.3 Å². The summed E-state index contributed by atoms with van der Waals surface area (Å²) in [4.78, 5) is 0. The maximum absolute atomic E-state index is 9.63. The molecule has 0 radical (unpaired) electrons. The summed E-state index contributed by atoms with van der Waals surface area (Å²) in [6, 6.07) is 0. The van der Waals surface area contributed by atoms with Crippen molar-refractivity contribution in [1.29, 1.82) is 0 Å². The molecule has 1 nitrogen and oxygen atoms in total. The van der Waals surface area contributed by atoms with Crippen LogP contribution < -0.4 is 0 Å². The van der Waals surface area contributed by atoms with Crippen molar-refractivity contribution in [1.82, 2.24) is 0 Å². The molecule has 0 aromatic carbocycles. The molecule has 0 amide bonds. The number of allylic oxidation sites excluding steroid dienone is 2. The topological polar surface area (TPSA) is 20.2 Å². The van der Waals surface area contributed by atoms with Gasteiger partial charge in [-0.05, 0) is 32.6 Å². The minimum Gasteiger partial charge on any atom is -0.386 e. The van der Waals surface area contributed by atoms with Gasteiger partial charge < -0.3 is 5.11 Å². The maximum atomic E-state index is 9.63. The lowest BCUT2D eigenvalue weighted by molar-refractivity contribution is 0.103. The Kier molecular flexibility index (Phi) is 5.72. The molecule has 0 bridgehead atoms. The molecule has 0 aliphatic rings. The highest BCUT2D eigenvalue weighted by molar-refractivity contribution is 5.02. The van der Waals surface area contributed by atoms with E-state index < -0.39 is 5.60 Å². The van der Waals surface area contributed by atoms with Crippen LogP contribution in [0.2, 0.25) is 0 Å². The van der Waals surface area contributed by atoms with E-state index in [9.17, 15) is 5.11 Å². The van der Waals surface area contributed by atoms with Gasteiger partial charge in [-0.3, -0.25) is 0 Å². The first-order chi connectivity index (χ1) is 6.05. The first-order valence-corrected chi connectivity index (χ1v) is 5.09. The number of hydrogen-bond donors (Lipinski definition) is 1. The van der Waals surface area contributed by atoms with E-state index in [1.54, 1.807) is 13.0 Å². The Morgan fingerprint density at radius 2 is 1.92 bits per heavy atom. The Balaban J connectivity index is 3.89. The van der Waals surface area contributed by atoms with Crippen LogP contribution in [0.3, 0.4) is 0 Å². The van der Waals surface area contributed by atoms with Gasteiger partial charge in [0.05, 0.1) is 5.60 Å². The molecule has 1 unspecified atom stereocenters. The fourth-order valence-electron chi connectivity index (χ4n) is 1.21. The zero-order valence-electron chi connectivity index (χ0n) is 9.14. The summed E-state index contributed by atoms with van der Waals surface area (Å²) in [5, 5.41) is 9.63. The van der Waals surface area contributed by atoms with E-state index in [-0.39, 0.29) is 0 Å². The third-order valence-electron chi connectivity index (χ3n) is 2.43. The van der Waals surface area contributed by atoms with Crippen LogP contribution in [0, 0.1) is 0 Å². The third kappa shape index (κ3) is 5.64. The average molecular weight is 182 g/mol. The summed E-state index contributed by atoms with van der Waals surface area (Å²) < 4.78 is 0. The largest absolute Gasteiger partial charge is 0.386 e. The molecule has 0 fully saturated rings. The van der Waals surface area contributed by atoms with Crippen molar-refractivity contribution in [2.75, 3.05) is 0 Å². The van der Waals surface area contributed by atoms with Crippen molar-refractivity contribution in [3.63, 3.8) is 0 Å². The second-order valence-corrected chi connectivity index (χ2v) is 3.67. The highest BCUT2D eigenvalue weighted by Gasteiger charge is 2.13. The minimum absolute atomic E-state index is 0.705. The van der Waals surface area contributed by atoms with E-state index in [0.29, 0.717) is 0 Å². The van der Waals surface area contributed by atoms with Crippen molar-refractivity contribution >= 4 is 0 Å². The van der Waals surface area contributed by atoms with Crippen LogP contribution in [0.4, 0.5) is 0 Å². The lowest BCUT2D eigenvalue weighted by Crippen LogP contribution is -2.19. The van der Waals surface area contributed by atoms with Crippen molar-refractivity contribution in [2.24, 2.45) is 0 Å². The quantitative estimate of drug-likeness (QED) is 0.624. The SMILES string of the molecule is C=CC(C)(O)CCC=C(CC)CC. The number of aliphatic hydroxyl groups is 1. The molecule has 1 heteroatoms. The zero-order valence-corrected chi connectivity index (χ0v) is 9.14. The summed E-state index contributed by atoms with van der Waals surface area (Å²) >= 11 is 0.